The molecule has 0 saturated carbocycles. The topological polar surface area (TPSA) is 112 Å². The van der Waals surface area contributed by atoms with Gasteiger partial charge in [0.05, 0.1) is 64.1 Å². The van der Waals surface area contributed by atoms with Crippen LogP contribution in [0.25, 0.3) is 59.4 Å². The lowest BCUT2D eigenvalue weighted by molar-refractivity contribution is 0.0976. The fourth-order valence-corrected chi connectivity index (χ4v) is 9.84. The lowest BCUT2D eigenvalue weighted by atomic mass is 9.96. The smallest absolute Gasteiger partial charge is 0.258 e. The fourth-order valence-electron chi connectivity index (χ4n) is 7.36. The first kappa shape index (κ1) is 38.3. The number of nitrogens with zero attached hydrogens (tertiary/aromatic N) is 3. The second-order valence-electron chi connectivity index (χ2n) is 14.0. The van der Waals surface area contributed by atoms with Crippen molar-refractivity contribution in [3.63, 3.8) is 0 Å². The number of aromatic nitrogens is 3. The first-order chi connectivity index (χ1) is 29.9. The van der Waals surface area contributed by atoms with Crippen LogP contribution in [0.2, 0.25) is 10.0 Å². The summed E-state index contributed by atoms with van der Waals surface area (Å²) in [5, 5.41) is 8.27. The number of para-hydroxylation sites is 2. The second-order valence-corrected chi connectivity index (χ2v) is 16.9. The van der Waals surface area contributed by atoms with E-state index in [1.165, 1.54) is 22.7 Å². The third-order valence-corrected chi connectivity index (χ3v) is 12.9. The van der Waals surface area contributed by atoms with Gasteiger partial charge in [0.15, 0.2) is 0 Å². The Hall–Kier alpha value is -6.95. The first-order valence-electron chi connectivity index (χ1n) is 19.2. The molecule has 0 aliphatic carbocycles. The summed E-state index contributed by atoms with van der Waals surface area (Å²) >= 11 is 16.1. The molecule has 0 radical (unpaired) electrons. The molecule has 9 aromatic rings. The van der Waals surface area contributed by atoms with E-state index in [1.54, 1.807) is 48.5 Å². The number of hydrogen-bond donors (Lipinski definition) is 3. The van der Waals surface area contributed by atoms with Crippen LogP contribution in [0.15, 0.2) is 168 Å². The number of fused-ring (bicyclic) bond motifs is 2. The number of benzene rings is 6. The van der Waals surface area contributed by atoms with Crippen LogP contribution < -0.4 is 10.6 Å². The molecule has 1 aliphatic heterocycles. The molecule has 1 aliphatic rings. The molecule has 61 heavy (non-hydrogen) atoms. The zero-order valence-electron chi connectivity index (χ0n) is 31.8. The highest BCUT2D eigenvalue weighted by atomic mass is 35.5. The number of hydrogen-bond acceptors (Lipinski definition) is 7. The highest BCUT2D eigenvalue weighted by Crippen LogP contribution is 2.47. The van der Waals surface area contributed by atoms with Crippen LogP contribution in [0.5, 0.6) is 0 Å². The minimum Gasteiger partial charge on any atom is -0.341 e. The number of thiazole rings is 2. The number of carbonyl (C=O) groups is 2. The third kappa shape index (κ3) is 7.36. The van der Waals surface area contributed by atoms with E-state index in [0.29, 0.717) is 65.4 Å². The maximum atomic E-state index is 14.1. The number of allylic oxidation sites excluding steroid dienone is 1. The van der Waals surface area contributed by atoms with Gasteiger partial charge in [-0.2, -0.15) is 0 Å². The molecular formula is C49H30Cl2N6O2S2. The minimum absolute atomic E-state index is 0.310. The summed E-state index contributed by atoms with van der Waals surface area (Å²) in [6.45, 7) is 0. The van der Waals surface area contributed by atoms with Crippen molar-refractivity contribution in [2.75, 3.05) is 5.32 Å². The van der Waals surface area contributed by atoms with Gasteiger partial charge in [-0.05, 0) is 65.7 Å². The number of rotatable bonds is 8. The second kappa shape index (κ2) is 16.2. The van der Waals surface area contributed by atoms with Crippen LogP contribution in [-0.4, -0.2) is 32.6 Å². The Balaban J connectivity index is 1.24. The van der Waals surface area contributed by atoms with E-state index in [-0.39, 0.29) is 5.91 Å². The summed E-state index contributed by atoms with van der Waals surface area (Å²) in [5.41, 5.74) is 8.13. The number of aliphatic imine (C=N–C) groups is 1. The number of amidine groups is 1. The van der Waals surface area contributed by atoms with Gasteiger partial charge >= 0.3 is 0 Å². The molecule has 0 spiro atoms. The summed E-state index contributed by atoms with van der Waals surface area (Å²) in [7, 11) is 0. The Kier molecular flexibility index (Phi) is 10.2. The summed E-state index contributed by atoms with van der Waals surface area (Å²) in [6, 6.07) is 49.6. The Morgan fingerprint density at radius 2 is 1.05 bits per heavy atom. The minimum atomic E-state index is -0.413. The van der Waals surface area contributed by atoms with Crippen molar-refractivity contribution in [2.24, 2.45) is 4.99 Å². The molecule has 294 valence electrons. The maximum absolute atomic E-state index is 14.1. The fraction of sp³-hybridized carbons (Fsp3) is 0. The molecule has 0 saturated heterocycles. The number of nitrogens with one attached hydrogen (secondary N) is 3. The van der Waals surface area contributed by atoms with Crippen molar-refractivity contribution in [1.29, 1.82) is 0 Å². The Labute approximate surface area is 367 Å². The monoisotopic (exact) mass is 868 g/mol. The van der Waals surface area contributed by atoms with Crippen molar-refractivity contribution >= 4 is 107 Å². The summed E-state index contributed by atoms with van der Waals surface area (Å²) in [5.74, 6) is -0.0512. The van der Waals surface area contributed by atoms with E-state index in [4.69, 9.17) is 38.2 Å². The zero-order valence-corrected chi connectivity index (χ0v) is 35.0. The van der Waals surface area contributed by atoms with Gasteiger partial charge in [-0.1, -0.05) is 132 Å². The van der Waals surface area contributed by atoms with E-state index in [0.717, 1.165) is 42.7 Å². The molecule has 0 fully saturated rings. The molecule has 2 amide bonds. The van der Waals surface area contributed by atoms with Gasteiger partial charge < -0.3 is 15.6 Å². The van der Waals surface area contributed by atoms with E-state index in [1.807, 2.05) is 115 Å². The van der Waals surface area contributed by atoms with E-state index < -0.39 is 5.91 Å². The van der Waals surface area contributed by atoms with Crippen LogP contribution >= 0.6 is 45.9 Å². The van der Waals surface area contributed by atoms with Crippen molar-refractivity contribution in [3.8, 4) is 21.7 Å². The Bertz CT molecular complexity index is 3210. The van der Waals surface area contributed by atoms with Crippen LogP contribution in [0, 0.1) is 0 Å². The molecule has 6 aromatic carbocycles. The van der Waals surface area contributed by atoms with Gasteiger partial charge in [0, 0.05) is 11.1 Å². The molecule has 0 unspecified atom stereocenters. The molecule has 8 nitrogen and oxygen atoms in total. The molecule has 4 heterocycles. The summed E-state index contributed by atoms with van der Waals surface area (Å²) < 4.78 is 1.98. The predicted molar refractivity (Wildman–Crippen MR) is 251 cm³/mol. The van der Waals surface area contributed by atoms with Gasteiger partial charge in [0.25, 0.3) is 11.8 Å². The van der Waals surface area contributed by atoms with Gasteiger partial charge in [-0.3, -0.25) is 9.59 Å². The van der Waals surface area contributed by atoms with Crippen molar-refractivity contribution in [3.05, 3.63) is 201 Å². The number of amides is 2. The summed E-state index contributed by atoms with van der Waals surface area (Å²) in [4.78, 5) is 47.1. The number of aromatic amines is 1. The van der Waals surface area contributed by atoms with E-state index >= 15 is 0 Å². The highest BCUT2D eigenvalue weighted by Gasteiger charge is 2.32. The van der Waals surface area contributed by atoms with Crippen molar-refractivity contribution < 1.29 is 9.59 Å². The average molecular weight is 870 g/mol. The van der Waals surface area contributed by atoms with Crippen LogP contribution in [0.4, 0.5) is 5.82 Å². The third-order valence-electron chi connectivity index (χ3n) is 10.1. The Morgan fingerprint density at radius 3 is 1.66 bits per heavy atom. The normalized spacial score (nSPS) is 13.3. The Morgan fingerprint density at radius 1 is 0.541 bits per heavy atom. The van der Waals surface area contributed by atoms with Gasteiger partial charge in [-0.15, -0.1) is 22.7 Å². The molecule has 10 rings (SSSR count). The van der Waals surface area contributed by atoms with Crippen LogP contribution in [-0.2, 0) is 0 Å². The first-order valence-corrected chi connectivity index (χ1v) is 21.5. The quantitative estimate of drug-likeness (QED) is 0.141. The lowest BCUT2D eigenvalue weighted by Gasteiger charge is -2.10. The molecular weight excluding hydrogens is 840 g/mol. The van der Waals surface area contributed by atoms with Gasteiger partial charge in [0.2, 0.25) is 0 Å². The lowest BCUT2D eigenvalue weighted by Crippen LogP contribution is -2.30. The predicted octanol–water partition coefficient (Wildman–Crippen LogP) is 12.9. The number of halogens is 2. The van der Waals surface area contributed by atoms with Gasteiger partial charge in [-0.25, -0.2) is 15.0 Å². The standard InChI is InChI=1S/C49H30Cl2N6O2S2/c50-32-21-9-7-19-30(32)46(58)56-44-42(48-54-34-23-11-13-25-38(34)60-48)40(28-15-3-1-4-16-28)36(52-44)27-37-41(29-17-5-2-6-18-29)43(49-55-35-24-12-14-26-39(35)61-49)45(53-37)57-47(59)31-20-8-10-22-33(31)51/h1-27,52H,(H,56,58)(H,53,57,59). The van der Waals surface area contributed by atoms with E-state index in [2.05, 4.69) is 15.6 Å². The van der Waals surface area contributed by atoms with Gasteiger partial charge in [0.1, 0.15) is 21.7 Å². The number of anilines is 1. The van der Waals surface area contributed by atoms with E-state index in [9.17, 15) is 9.59 Å². The zero-order chi connectivity index (χ0) is 41.5. The maximum Gasteiger partial charge on any atom is 0.258 e. The van der Waals surface area contributed by atoms with Crippen molar-refractivity contribution in [2.45, 2.75) is 0 Å². The molecule has 12 heteroatoms. The SMILES string of the molecule is O=C(NC1=NC(=Cc2[nH]c(NC(=O)c3ccccc3Cl)c(-c3nc4ccccc4s3)c2-c2ccccc2)C(c2ccccc2)=C1c1nc2ccccc2s1)c1ccccc1Cl. The largest absolute Gasteiger partial charge is 0.341 e. The highest BCUT2D eigenvalue weighted by molar-refractivity contribution is 7.21. The molecule has 3 aromatic heterocycles. The molecule has 3 N–H and O–H groups in total. The van der Waals surface area contributed by atoms with Crippen LogP contribution in [0.1, 0.15) is 37.0 Å². The molecule has 0 bridgehead atoms. The average Bonchev–Trinajstić information content (AvgIpc) is 4.07. The van der Waals surface area contributed by atoms with Crippen LogP contribution in [0.3, 0.4) is 0 Å². The van der Waals surface area contributed by atoms with Crippen molar-refractivity contribution in [1.82, 2.24) is 20.3 Å². The number of H-pyrrole nitrogens is 1. The number of carbonyl (C=O) groups excluding carboxylic acids is 2. The summed E-state index contributed by atoms with van der Waals surface area (Å²) in [6.07, 6.45) is 1.95. The molecule has 0 atom stereocenters.